The van der Waals surface area contributed by atoms with E-state index in [0.29, 0.717) is 38.9 Å². The lowest BCUT2D eigenvalue weighted by Gasteiger charge is -2.01. The Balaban J connectivity index is 1.46. The fraction of sp³-hybridized carbons (Fsp3) is 0.0455. The molecule has 0 fully saturated rings. The molecule has 0 unspecified atom stereocenters. The number of hydrogen-bond acceptors (Lipinski definition) is 7. The van der Waals surface area contributed by atoms with Crippen molar-refractivity contribution in [1.82, 2.24) is 4.98 Å². The highest BCUT2D eigenvalue weighted by atomic mass is 32.2. The Bertz CT molecular complexity index is 1290. The number of halogens is 2. The third-order valence-corrected chi connectivity index (χ3v) is 6.51. The molecular weight excluding hydrogens is 472 g/mol. The quantitative estimate of drug-likeness (QED) is 0.173. The number of thiazole rings is 1. The van der Waals surface area contributed by atoms with E-state index in [1.807, 2.05) is 29.0 Å². The van der Waals surface area contributed by atoms with Crippen LogP contribution in [0.4, 0.5) is 13.9 Å². The van der Waals surface area contributed by atoms with Gasteiger partial charge in [0.25, 0.3) is 11.7 Å². The molecule has 160 valence electrons. The molecule has 3 aromatic heterocycles. The molecule has 0 aliphatic carbocycles. The van der Waals surface area contributed by atoms with Crippen LogP contribution in [0.1, 0.15) is 5.76 Å². The molecule has 4 rings (SSSR count). The number of nitrogens with zero attached hydrogens (tertiary/aromatic N) is 2. The van der Waals surface area contributed by atoms with Crippen LogP contribution in [0.25, 0.3) is 28.0 Å². The largest absolute Gasteiger partial charge is 0.457 e. The first-order chi connectivity index (χ1) is 15.5. The Morgan fingerprint density at radius 2 is 2.00 bits per heavy atom. The zero-order chi connectivity index (χ0) is 22.5. The number of anilines is 1. The number of benzene rings is 1. The van der Waals surface area contributed by atoms with E-state index in [9.17, 15) is 18.8 Å². The Labute approximate surface area is 194 Å². The van der Waals surface area contributed by atoms with Gasteiger partial charge in [0.1, 0.15) is 23.2 Å². The van der Waals surface area contributed by atoms with Gasteiger partial charge in [-0.3, -0.25) is 10.1 Å². The minimum absolute atomic E-state index is 0.137. The van der Waals surface area contributed by atoms with Crippen LogP contribution in [0, 0.1) is 11.3 Å². The molecule has 0 spiro atoms. The molecule has 1 aromatic carbocycles. The summed E-state index contributed by atoms with van der Waals surface area (Å²) >= 11 is 3.28. The number of hydrogen-bond donors (Lipinski definition) is 1. The van der Waals surface area contributed by atoms with Gasteiger partial charge in [0, 0.05) is 21.9 Å². The molecule has 0 saturated carbocycles. The van der Waals surface area contributed by atoms with Gasteiger partial charge in [-0.1, -0.05) is 30.0 Å². The zero-order valence-corrected chi connectivity index (χ0v) is 18.6. The Morgan fingerprint density at radius 1 is 1.19 bits per heavy atom. The molecule has 5 nitrogen and oxygen atoms in total. The van der Waals surface area contributed by atoms with Crippen LogP contribution >= 0.6 is 34.4 Å². The maximum absolute atomic E-state index is 12.5. The van der Waals surface area contributed by atoms with Crippen LogP contribution in [0.15, 0.2) is 74.2 Å². The van der Waals surface area contributed by atoms with Crippen LogP contribution < -0.4 is 5.32 Å². The molecule has 0 bridgehead atoms. The van der Waals surface area contributed by atoms with Crippen LogP contribution in [0.3, 0.4) is 0 Å². The van der Waals surface area contributed by atoms with Gasteiger partial charge in [0.15, 0.2) is 5.13 Å². The van der Waals surface area contributed by atoms with E-state index in [4.69, 9.17) is 4.42 Å². The first-order valence-electron chi connectivity index (χ1n) is 9.09. The van der Waals surface area contributed by atoms with Gasteiger partial charge in [-0.15, -0.1) is 22.7 Å². The summed E-state index contributed by atoms with van der Waals surface area (Å²) < 4.78 is 30.6. The molecule has 0 saturated heterocycles. The number of aromatic nitrogens is 1. The summed E-state index contributed by atoms with van der Waals surface area (Å²) in [4.78, 5) is 18.3. The van der Waals surface area contributed by atoms with Crippen molar-refractivity contribution in [3.8, 4) is 28.0 Å². The Kier molecular flexibility index (Phi) is 6.80. The van der Waals surface area contributed by atoms with Gasteiger partial charge in [-0.05, 0) is 35.7 Å². The van der Waals surface area contributed by atoms with E-state index in [-0.39, 0.29) is 5.57 Å². The molecule has 3 heterocycles. The predicted molar refractivity (Wildman–Crippen MR) is 124 cm³/mol. The van der Waals surface area contributed by atoms with Crippen LogP contribution in [-0.4, -0.2) is 16.6 Å². The van der Waals surface area contributed by atoms with Crippen LogP contribution in [-0.2, 0) is 4.79 Å². The highest BCUT2D eigenvalue weighted by Gasteiger charge is 2.14. The number of nitrogens with one attached hydrogen (secondary N) is 1. The molecule has 1 amide bonds. The van der Waals surface area contributed by atoms with Gasteiger partial charge in [-0.25, -0.2) is 4.98 Å². The smallest absolute Gasteiger partial charge is 0.288 e. The monoisotopic (exact) mass is 485 g/mol. The minimum atomic E-state index is -2.48. The van der Waals surface area contributed by atoms with Crippen molar-refractivity contribution in [2.75, 3.05) is 5.32 Å². The summed E-state index contributed by atoms with van der Waals surface area (Å²) in [6.45, 7) is 0. The van der Waals surface area contributed by atoms with Crippen molar-refractivity contribution in [2.24, 2.45) is 0 Å². The second kappa shape index (κ2) is 9.91. The molecule has 1 N–H and O–H groups in total. The lowest BCUT2D eigenvalue weighted by molar-refractivity contribution is -0.112. The summed E-state index contributed by atoms with van der Waals surface area (Å²) in [6, 6.07) is 15.5. The Morgan fingerprint density at radius 3 is 2.69 bits per heavy atom. The average molecular weight is 486 g/mol. The van der Waals surface area contributed by atoms with Crippen molar-refractivity contribution in [1.29, 1.82) is 5.26 Å². The van der Waals surface area contributed by atoms with Crippen molar-refractivity contribution in [2.45, 2.75) is 10.7 Å². The van der Waals surface area contributed by atoms with Gasteiger partial charge in [-0.2, -0.15) is 14.0 Å². The predicted octanol–water partition coefficient (Wildman–Crippen LogP) is 6.99. The molecule has 0 aliphatic rings. The maximum Gasteiger partial charge on any atom is 0.288 e. The minimum Gasteiger partial charge on any atom is -0.457 e. The maximum atomic E-state index is 12.5. The van der Waals surface area contributed by atoms with Gasteiger partial charge < -0.3 is 4.42 Å². The standard InChI is InChI=1S/C22H13F2N3O2S3/c23-21(24)32-16-6-3-13(4-7-16)18-8-5-15(29-18)10-14(11-25)20(28)27-22-26-17(12-31-22)19-2-1-9-30-19/h1-10,12,21H,(H,26,27,28)/b14-10-. The summed E-state index contributed by atoms with van der Waals surface area (Å²) in [5.74, 6) is -2.27. The summed E-state index contributed by atoms with van der Waals surface area (Å²) in [7, 11) is 0. The average Bonchev–Trinajstić information content (AvgIpc) is 3.53. The van der Waals surface area contributed by atoms with E-state index >= 15 is 0 Å². The number of carbonyl (C=O) groups is 1. The number of thiophene rings is 1. The topological polar surface area (TPSA) is 78.9 Å². The highest BCUT2D eigenvalue weighted by molar-refractivity contribution is 7.99. The second-order valence-electron chi connectivity index (χ2n) is 6.24. The van der Waals surface area contributed by atoms with Crippen molar-refractivity contribution < 1.29 is 18.0 Å². The summed E-state index contributed by atoms with van der Waals surface area (Å²) in [5.41, 5.74) is 1.31. The molecular formula is C22H13F2N3O2S3. The van der Waals surface area contributed by atoms with Gasteiger partial charge in [0.05, 0.1) is 10.6 Å². The molecule has 0 radical (unpaired) electrons. The molecule has 0 atom stereocenters. The first-order valence-corrected chi connectivity index (χ1v) is 11.7. The lowest BCUT2D eigenvalue weighted by Crippen LogP contribution is -2.13. The van der Waals surface area contributed by atoms with E-state index in [1.54, 1.807) is 47.7 Å². The highest BCUT2D eigenvalue weighted by Crippen LogP contribution is 2.30. The Hall–Kier alpha value is -3.26. The fourth-order valence-electron chi connectivity index (χ4n) is 2.71. The lowest BCUT2D eigenvalue weighted by atomic mass is 10.2. The SMILES string of the molecule is N#C/C(=C/c1ccc(-c2ccc(SC(F)F)cc2)o1)C(=O)Nc1nc(-c2cccs2)cs1. The number of nitriles is 1. The molecule has 32 heavy (non-hydrogen) atoms. The van der Waals surface area contributed by atoms with Crippen molar-refractivity contribution in [3.63, 3.8) is 0 Å². The third kappa shape index (κ3) is 5.31. The number of carbonyl (C=O) groups excluding carboxylic acids is 1. The number of furan rings is 1. The van der Waals surface area contributed by atoms with E-state index in [1.165, 1.54) is 17.4 Å². The van der Waals surface area contributed by atoms with E-state index in [0.717, 1.165) is 10.6 Å². The number of amides is 1. The van der Waals surface area contributed by atoms with Crippen LogP contribution in [0.5, 0.6) is 0 Å². The number of rotatable bonds is 7. The fourth-order valence-corrected chi connectivity index (χ4v) is 4.68. The van der Waals surface area contributed by atoms with Gasteiger partial charge in [0.2, 0.25) is 0 Å². The molecule has 4 aromatic rings. The summed E-state index contributed by atoms with van der Waals surface area (Å²) in [5, 5.41) is 16.2. The van der Waals surface area contributed by atoms with Crippen molar-refractivity contribution in [3.05, 3.63) is 70.6 Å². The number of alkyl halides is 2. The van der Waals surface area contributed by atoms with Crippen LogP contribution in [0.2, 0.25) is 0 Å². The summed E-state index contributed by atoms with van der Waals surface area (Å²) in [6.07, 6.45) is 1.34. The number of thioether (sulfide) groups is 1. The van der Waals surface area contributed by atoms with Crippen molar-refractivity contribution >= 4 is 51.6 Å². The van der Waals surface area contributed by atoms with E-state index in [2.05, 4.69) is 10.3 Å². The van der Waals surface area contributed by atoms with Gasteiger partial charge >= 0.3 is 0 Å². The second-order valence-corrected chi connectivity index (χ2v) is 9.11. The zero-order valence-electron chi connectivity index (χ0n) is 16.1. The first kappa shape index (κ1) is 22.0. The molecule has 0 aliphatic heterocycles. The van der Waals surface area contributed by atoms with E-state index < -0.39 is 11.7 Å². The molecule has 10 heteroatoms. The third-order valence-electron chi connectivity index (χ3n) is 4.14. The normalized spacial score (nSPS) is 11.5.